The first-order valence-electron chi connectivity index (χ1n) is 9.03. The Morgan fingerprint density at radius 3 is 2.45 bits per heavy atom. The maximum Gasteiger partial charge on any atom is 0.271 e. The van der Waals surface area contributed by atoms with Crippen molar-refractivity contribution in [2.75, 3.05) is 10.0 Å². The molecular weight excluding hydrogens is 442 g/mol. The fourth-order valence-corrected chi connectivity index (χ4v) is 4.46. The van der Waals surface area contributed by atoms with Gasteiger partial charge in [-0.3, -0.25) is 19.6 Å². The summed E-state index contributed by atoms with van der Waals surface area (Å²) in [7, 11) is -4.08. The lowest BCUT2D eigenvalue weighted by Crippen LogP contribution is -2.17. The minimum atomic E-state index is -4.08. The quantitative estimate of drug-likeness (QED) is 0.400. The Hall–Kier alpha value is -3.43. The Labute approximate surface area is 184 Å². The number of anilines is 2. The molecule has 0 radical (unpaired) electrons. The van der Waals surface area contributed by atoms with E-state index in [0.29, 0.717) is 5.69 Å². The molecule has 10 heteroatoms. The van der Waals surface area contributed by atoms with E-state index >= 15 is 0 Å². The molecule has 0 bridgehead atoms. The van der Waals surface area contributed by atoms with Crippen LogP contribution in [0.2, 0.25) is 5.02 Å². The molecule has 3 aromatic carbocycles. The summed E-state index contributed by atoms with van der Waals surface area (Å²) in [5, 5.41) is 13.4. The highest BCUT2D eigenvalue weighted by Crippen LogP contribution is 2.27. The van der Waals surface area contributed by atoms with Crippen LogP contribution in [-0.4, -0.2) is 19.2 Å². The summed E-state index contributed by atoms with van der Waals surface area (Å²) in [6.45, 7) is 3.65. The van der Waals surface area contributed by atoms with E-state index in [2.05, 4.69) is 10.0 Å². The van der Waals surface area contributed by atoms with Gasteiger partial charge < -0.3 is 5.32 Å². The SMILES string of the molecule is Cc1cccc(NS(=O)(=O)c2cc(C(=O)Nc3cccc([N+](=O)[O-])c3)ccc2Cl)c1C. The fourth-order valence-electron chi connectivity index (χ4n) is 2.81. The number of hydrogen-bond donors (Lipinski definition) is 2. The van der Waals surface area contributed by atoms with Crippen molar-refractivity contribution in [2.45, 2.75) is 18.7 Å². The van der Waals surface area contributed by atoms with E-state index in [-0.39, 0.29) is 26.9 Å². The molecule has 8 nitrogen and oxygen atoms in total. The first-order valence-corrected chi connectivity index (χ1v) is 10.9. The number of sulfonamides is 1. The molecule has 3 aromatic rings. The van der Waals surface area contributed by atoms with Crippen molar-refractivity contribution < 1.29 is 18.1 Å². The topological polar surface area (TPSA) is 118 Å². The number of aryl methyl sites for hydroxylation is 1. The Morgan fingerprint density at radius 1 is 1.03 bits per heavy atom. The number of carbonyl (C=O) groups excluding carboxylic acids is 1. The van der Waals surface area contributed by atoms with Gasteiger partial charge in [0.15, 0.2) is 0 Å². The zero-order valence-corrected chi connectivity index (χ0v) is 18.1. The average Bonchev–Trinajstić information content (AvgIpc) is 2.71. The van der Waals surface area contributed by atoms with Crippen LogP contribution in [0.5, 0.6) is 0 Å². The molecular formula is C21H18ClN3O5S. The van der Waals surface area contributed by atoms with Crippen LogP contribution in [0, 0.1) is 24.0 Å². The normalized spacial score (nSPS) is 11.1. The highest BCUT2D eigenvalue weighted by atomic mass is 35.5. The van der Waals surface area contributed by atoms with Gasteiger partial charge in [-0.1, -0.05) is 29.8 Å². The number of carbonyl (C=O) groups is 1. The molecule has 0 unspecified atom stereocenters. The number of non-ortho nitro benzene ring substituents is 1. The summed E-state index contributed by atoms with van der Waals surface area (Å²) in [6, 6.07) is 14.5. The Balaban J connectivity index is 1.90. The third kappa shape index (κ3) is 5.01. The van der Waals surface area contributed by atoms with Crippen LogP contribution in [0.3, 0.4) is 0 Å². The van der Waals surface area contributed by atoms with Gasteiger partial charge in [0.25, 0.3) is 21.6 Å². The van der Waals surface area contributed by atoms with Gasteiger partial charge in [0.1, 0.15) is 4.90 Å². The van der Waals surface area contributed by atoms with Crippen LogP contribution >= 0.6 is 11.6 Å². The Bertz CT molecular complexity index is 1290. The highest BCUT2D eigenvalue weighted by Gasteiger charge is 2.21. The second-order valence-corrected chi connectivity index (χ2v) is 8.82. The van der Waals surface area contributed by atoms with Gasteiger partial charge in [-0.05, 0) is 55.3 Å². The highest BCUT2D eigenvalue weighted by molar-refractivity contribution is 7.92. The minimum absolute atomic E-state index is 0.0252. The zero-order chi connectivity index (χ0) is 22.8. The summed E-state index contributed by atoms with van der Waals surface area (Å²) in [5.74, 6) is -0.639. The predicted octanol–water partition coefficient (Wildman–Crippen LogP) is 4.92. The molecule has 0 spiro atoms. The Morgan fingerprint density at radius 2 is 1.74 bits per heavy atom. The summed E-state index contributed by atoms with van der Waals surface area (Å²) in [5.41, 5.74) is 2.12. The van der Waals surface area contributed by atoms with Crippen molar-refractivity contribution in [3.63, 3.8) is 0 Å². The van der Waals surface area contributed by atoms with E-state index in [0.717, 1.165) is 17.2 Å². The first kappa shape index (κ1) is 22.3. The molecule has 0 heterocycles. The number of amides is 1. The van der Waals surface area contributed by atoms with E-state index < -0.39 is 20.9 Å². The molecule has 160 valence electrons. The first-order chi connectivity index (χ1) is 14.6. The molecule has 0 aliphatic rings. The van der Waals surface area contributed by atoms with E-state index in [9.17, 15) is 23.3 Å². The lowest BCUT2D eigenvalue weighted by molar-refractivity contribution is -0.384. The minimum Gasteiger partial charge on any atom is -0.322 e. The molecule has 0 saturated heterocycles. The second kappa shape index (κ2) is 8.75. The molecule has 0 aromatic heterocycles. The van der Waals surface area contributed by atoms with Crippen LogP contribution in [-0.2, 0) is 10.0 Å². The molecule has 2 N–H and O–H groups in total. The van der Waals surface area contributed by atoms with Gasteiger partial charge in [-0.2, -0.15) is 0 Å². The van der Waals surface area contributed by atoms with Crippen molar-refractivity contribution in [3.8, 4) is 0 Å². The number of nitro groups is 1. The monoisotopic (exact) mass is 459 g/mol. The van der Waals surface area contributed by atoms with Crippen LogP contribution in [0.4, 0.5) is 17.1 Å². The van der Waals surface area contributed by atoms with Crippen LogP contribution in [0.1, 0.15) is 21.5 Å². The fraction of sp³-hybridized carbons (Fsp3) is 0.0952. The third-order valence-electron chi connectivity index (χ3n) is 4.65. The maximum atomic E-state index is 12.9. The molecule has 0 aliphatic carbocycles. The molecule has 0 saturated carbocycles. The van der Waals surface area contributed by atoms with Crippen molar-refractivity contribution >= 4 is 44.6 Å². The summed E-state index contributed by atoms with van der Waals surface area (Å²) >= 11 is 6.11. The van der Waals surface area contributed by atoms with E-state index in [4.69, 9.17) is 11.6 Å². The molecule has 1 amide bonds. The van der Waals surface area contributed by atoms with Crippen molar-refractivity contribution in [2.24, 2.45) is 0 Å². The van der Waals surface area contributed by atoms with Gasteiger partial charge in [0.05, 0.1) is 15.6 Å². The zero-order valence-electron chi connectivity index (χ0n) is 16.5. The average molecular weight is 460 g/mol. The van der Waals surface area contributed by atoms with E-state index in [1.54, 1.807) is 19.1 Å². The number of halogens is 1. The summed E-state index contributed by atoms with van der Waals surface area (Å²) < 4.78 is 28.4. The van der Waals surface area contributed by atoms with Gasteiger partial charge in [-0.25, -0.2) is 8.42 Å². The smallest absolute Gasteiger partial charge is 0.271 e. The molecule has 3 rings (SSSR count). The number of nitrogens with one attached hydrogen (secondary N) is 2. The van der Waals surface area contributed by atoms with Crippen molar-refractivity contribution in [1.29, 1.82) is 0 Å². The number of rotatable bonds is 6. The molecule has 0 aliphatic heterocycles. The largest absolute Gasteiger partial charge is 0.322 e. The predicted molar refractivity (Wildman–Crippen MR) is 119 cm³/mol. The maximum absolute atomic E-state index is 12.9. The van der Waals surface area contributed by atoms with E-state index in [1.165, 1.54) is 36.4 Å². The van der Waals surface area contributed by atoms with Crippen LogP contribution in [0.15, 0.2) is 65.6 Å². The standard InChI is InChI=1S/C21H18ClN3O5S/c1-13-5-3-8-19(14(13)2)24-31(29,30)20-11-15(9-10-18(20)22)21(26)23-16-6-4-7-17(12-16)25(27)28/h3-12,24H,1-2H3,(H,23,26). The number of nitro benzene ring substituents is 1. The van der Waals surface area contributed by atoms with Crippen LogP contribution < -0.4 is 10.0 Å². The van der Waals surface area contributed by atoms with Crippen molar-refractivity contribution in [3.05, 3.63) is 92.5 Å². The summed E-state index contributed by atoms with van der Waals surface area (Å²) in [6.07, 6.45) is 0. The lowest BCUT2D eigenvalue weighted by Gasteiger charge is -2.14. The third-order valence-corrected chi connectivity index (χ3v) is 6.49. The lowest BCUT2D eigenvalue weighted by atomic mass is 10.1. The number of benzene rings is 3. The summed E-state index contributed by atoms with van der Waals surface area (Å²) in [4.78, 5) is 22.7. The van der Waals surface area contributed by atoms with E-state index in [1.807, 2.05) is 13.0 Å². The van der Waals surface area contributed by atoms with Gasteiger partial charge >= 0.3 is 0 Å². The van der Waals surface area contributed by atoms with Gasteiger partial charge in [0, 0.05) is 23.4 Å². The number of nitrogens with zero attached hydrogens (tertiary/aromatic N) is 1. The molecule has 31 heavy (non-hydrogen) atoms. The molecule has 0 fully saturated rings. The van der Waals surface area contributed by atoms with Crippen molar-refractivity contribution in [1.82, 2.24) is 0 Å². The van der Waals surface area contributed by atoms with Gasteiger partial charge in [-0.15, -0.1) is 0 Å². The number of hydrogen-bond acceptors (Lipinski definition) is 5. The Kier molecular flexibility index (Phi) is 6.28. The van der Waals surface area contributed by atoms with Gasteiger partial charge in [0.2, 0.25) is 0 Å². The second-order valence-electron chi connectivity index (χ2n) is 6.76. The van der Waals surface area contributed by atoms with Crippen LogP contribution in [0.25, 0.3) is 0 Å². The molecule has 0 atom stereocenters.